The van der Waals surface area contributed by atoms with Crippen molar-refractivity contribution in [2.75, 3.05) is 24.5 Å². The molecule has 2 aliphatic heterocycles. The van der Waals surface area contributed by atoms with Crippen LogP contribution in [-0.4, -0.2) is 25.7 Å². The first-order valence-electron chi connectivity index (χ1n) is 6.36. The van der Waals surface area contributed by atoms with E-state index in [2.05, 4.69) is 42.3 Å². The van der Waals surface area contributed by atoms with Crippen LogP contribution in [0.5, 0.6) is 0 Å². The second-order valence-corrected chi connectivity index (χ2v) is 5.25. The molecule has 0 saturated heterocycles. The Kier molecular flexibility index (Phi) is 3.64. The number of halogens is 1. The summed E-state index contributed by atoms with van der Waals surface area (Å²) in [5.74, 6) is 0.705. The highest BCUT2D eigenvalue weighted by Gasteiger charge is 2.32. The normalized spacial score (nSPS) is 22.1. The smallest absolute Gasteiger partial charge is 0.0408 e. The van der Waals surface area contributed by atoms with Crippen LogP contribution in [0.2, 0.25) is 0 Å². The number of hydrogen-bond donors (Lipinski definition) is 1. The van der Waals surface area contributed by atoms with Gasteiger partial charge in [0, 0.05) is 30.7 Å². The van der Waals surface area contributed by atoms with Crippen LogP contribution in [0, 0.1) is 0 Å². The fourth-order valence-electron chi connectivity index (χ4n) is 3.12. The second kappa shape index (κ2) is 4.87. The third-order valence-corrected chi connectivity index (χ3v) is 3.89. The number of nitrogens with zero attached hydrogens (tertiary/aromatic N) is 1. The molecule has 0 aromatic heterocycles. The third-order valence-electron chi connectivity index (χ3n) is 3.89. The van der Waals surface area contributed by atoms with Crippen molar-refractivity contribution in [3.05, 3.63) is 29.3 Å². The quantitative estimate of drug-likeness (QED) is 0.827. The lowest BCUT2D eigenvalue weighted by atomic mass is 9.96. The molecule has 1 unspecified atom stereocenters. The molecule has 0 aliphatic carbocycles. The Balaban J connectivity index is 0.00000108. The summed E-state index contributed by atoms with van der Waals surface area (Å²) in [4.78, 5) is 2.55. The van der Waals surface area contributed by atoms with Gasteiger partial charge in [-0.05, 0) is 44.0 Å². The predicted octanol–water partition coefficient (Wildman–Crippen LogP) is 2.57. The zero-order valence-electron chi connectivity index (χ0n) is 10.6. The zero-order chi connectivity index (χ0) is 11.1. The summed E-state index contributed by atoms with van der Waals surface area (Å²) < 4.78 is 0. The molecule has 0 radical (unpaired) electrons. The van der Waals surface area contributed by atoms with Crippen molar-refractivity contribution in [3.8, 4) is 0 Å². The van der Waals surface area contributed by atoms with Crippen molar-refractivity contribution < 1.29 is 0 Å². The van der Waals surface area contributed by atoms with Gasteiger partial charge in [-0.1, -0.05) is 12.1 Å². The molecule has 1 atom stereocenters. The molecule has 1 aromatic rings. The second-order valence-electron chi connectivity index (χ2n) is 5.25. The van der Waals surface area contributed by atoms with Crippen molar-refractivity contribution in [1.29, 1.82) is 0 Å². The number of benzene rings is 1. The van der Waals surface area contributed by atoms with Crippen LogP contribution < -0.4 is 10.2 Å². The molecule has 0 spiro atoms. The van der Waals surface area contributed by atoms with Crippen molar-refractivity contribution >= 4 is 18.1 Å². The van der Waals surface area contributed by atoms with Crippen molar-refractivity contribution in [2.45, 2.75) is 32.2 Å². The molecule has 1 aromatic carbocycles. The maximum atomic E-state index is 3.56. The molecule has 3 heteroatoms. The standard InChI is InChI=1S/C14H20N2.ClH/c1-10(2)16-9-12-8-15-7-6-11-4-3-5-13(16)14(11)12;/h3-5,10,12,15H,6-9H2,1-2H3;1H. The lowest BCUT2D eigenvalue weighted by Crippen LogP contribution is -2.32. The molecule has 2 aliphatic rings. The maximum Gasteiger partial charge on any atom is 0.0408 e. The zero-order valence-corrected chi connectivity index (χ0v) is 11.4. The van der Waals surface area contributed by atoms with E-state index < -0.39 is 0 Å². The topological polar surface area (TPSA) is 15.3 Å². The molecule has 94 valence electrons. The van der Waals surface area contributed by atoms with Gasteiger partial charge in [0.15, 0.2) is 0 Å². The minimum Gasteiger partial charge on any atom is -0.368 e. The van der Waals surface area contributed by atoms with E-state index in [4.69, 9.17) is 0 Å². The predicted molar refractivity (Wildman–Crippen MR) is 75.5 cm³/mol. The Morgan fingerprint density at radius 1 is 1.35 bits per heavy atom. The van der Waals surface area contributed by atoms with Crippen LogP contribution in [-0.2, 0) is 6.42 Å². The Labute approximate surface area is 110 Å². The lowest BCUT2D eigenvalue weighted by Gasteiger charge is -2.25. The summed E-state index contributed by atoms with van der Waals surface area (Å²) in [5, 5.41) is 3.56. The van der Waals surface area contributed by atoms with Crippen LogP contribution in [0.4, 0.5) is 5.69 Å². The van der Waals surface area contributed by atoms with E-state index in [1.165, 1.54) is 18.7 Å². The third kappa shape index (κ3) is 2.04. The van der Waals surface area contributed by atoms with E-state index in [0.29, 0.717) is 12.0 Å². The SMILES string of the molecule is CC(C)N1CC2CNCCc3cccc1c32.Cl. The van der Waals surface area contributed by atoms with Crippen LogP contribution in [0.25, 0.3) is 0 Å². The highest BCUT2D eigenvalue weighted by atomic mass is 35.5. The van der Waals surface area contributed by atoms with Gasteiger partial charge in [0.05, 0.1) is 0 Å². The van der Waals surface area contributed by atoms with Crippen LogP contribution >= 0.6 is 12.4 Å². The van der Waals surface area contributed by atoms with Gasteiger partial charge in [0.25, 0.3) is 0 Å². The largest absolute Gasteiger partial charge is 0.368 e. The Morgan fingerprint density at radius 2 is 2.18 bits per heavy atom. The minimum absolute atomic E-state index is 0. The fraction of sp³-hybridized carbons (Fsp3) is 0.571. The highest BCUT2D eigenvalue weighted by molar-refractivity contribution is 5.85. The van der Waals surface area contributed by atoms with Gasteiger partial charge in [0.1, 0.15) is 0 Å². The van der Waals surface area contributed by atoms with Crippen molar-refractivity contribution in [2.24, 2.45) is 0 Å². The monoisotopic (exact) mass is 252 g/mol. The van der Waals surface area contributed by atoms with Gasteiger partial charge in [-0.3, -0.25) is 0 Å². The average molecular weight is 253 g/mol. The minimum atomic E-state index is 0. The van der Waals surface area contributed by atoms with Gasteiger partial charge in [0.2, 0.25) is 0 Å². The summed E-state index contributed by atoms with van der Waals surface area (Å²) in [6, 6.07) is 7.43. The number of anilines is 1. The first-order chi connectivity index (χ1) is 7.77. The van der Waals surface area contributed by atoms with E-state index in [1.807, 2.05) is 0 Å². The fourth-order valence-corrected chi connectivity index (χ4v) is 3.12. The maximum absolute atomic E-state index is 3.56. The molecule has 1 N–H and O–H groups in total. The van der Waals surface area contributed by atoms with Crippen molar-refractivity contribution in [3.63, 3.8) is 0 Å². The van der Waals surface area contributed by atoms with Crippen molar-refractivity contribution in [1.82, 2.24) is 5.32 Å². The number of nitrogens with one attached hydrogen (secondary N) is 1. The molecular weight excluding hydrogens is 232 g/mol. The Hall–Kier alpha value is -0.730. The molecule has 17 heavy (non-hydrogen) atoms. The summed E-state index contributed by atoms with van der Waals surface area (Å²) in [6.45, 7) is 8.05. The van der Waals surface area contributed by atoms with Crippen LogP contribution in [0.3, 0.4) is 0 Å². The molecule has 0 saturated carbocycles. The van der Waals surface area contributed by atoms with E-state index in [1.54, 1.807) is 11.1 Å². The molecule has 0 bridgehead atoms. The summed E-state index contributed by atoms with van der Waals surface area (Å²) in [6.07, 6.45) is 1.19. The van der Waals surface area contributed by atoms with Gasteiger partial charge in [-0.2, -0.15) is 0 Å². The summed E-state index contributed by atoms with van der Waals surface area (Å²) in [5.41, 5.74) is 4.68. The molecular formula is C14H21ClN2. The highest BCUT2D eigenvalue weighted by Crippen LogP contribution is 2.40. The lowest BCUT2D eigenvalue weighted by molar-refractivity contribution is 0.594. The van der Waals surface area contributed by atoms with E-state index in [9.17, 15) is 0 Å². The van der Waals surface area contributed by atoms with Crippen LogP contribution in [0.15, 0.2) is 18.2 Å². The Bertz CT molecular complexity index is 403. The van der Waals surface area contributed by atoms with E-state index >= 15 is 0 Å². The van der Waals surface area contributed by atoms with E-state index in [0.717, 1.165) is 13.1 Å². The summed E-state index contributed by atoms with van der Waals surface area (Å²) >= 11 is 0. The van der Waals surface area contributed by atoms with Gasteiger partial charge >= 0.3 is 0 Å². The van der Waals surface area contributed by atoms with Gasteiger partial charge in [-0.25, -0.2) is 0 Å². The van der Waals surface area contributed by atoms with Crippen LogP contribution in [0.1, 0.15) is 30.9 Å². The molecule has 0 fully saturated rings. The first kappa shape index (κ1) is 12.7. The Morgan fingerprint density at radius 3 is 2.94 bits per heavy atom. The van der Waals surface area contributed by atoms with Gasteiger partial charge < -0.3 is 10.2 Å². The molecule has 0 amide bonds. The molecule has 2 nitrogen and oxygen atoms in total. The number of hydrogen-bond acceptors (Lipinski definition) is 2. The first-order valence-corrected chi connectivity index (χ1v) is 6.36. The molecule has 2 heterocycles. The van der Waals surface area contributed by atoms with Gasteiger partial charge in [-0.15, -0.1) is 12.4 Å². The van der Waals surface area contributed by atoms with E-state index in [-0.39, 0.29) is 12.4 Å². The average Bonchev–Trinajstić information content (AvgIpc) is 2.51. The summed E-state index contributed by atoms with van der Waals surface area (Å²) in [7, 11) is 0. The number of rotatable bonds is 1. The molecule has 3 rings (SSSR count).